The Balaban J connectivity index is 2.23. The van der Waals surface area contributed by atoms with Crippen LogP contribution in [0.1, 0.15) is 18.0 Å². The van der Waals surface area contributed by atoms with Crippen LogP contribution in [0.5, 0.6) is 0 Å². The van der Waals surface area contributed by atoms with Crippen molar-refractivity contribution in [3.63, 3.8) is 0 Å². The molecule has 0 bridgehead atoms. The molecule has 1 saturated heterocycles. The van der Waals surface area contributed by atoms with E-state index in [2.05, 4.69) is 4.90 Å². The Bertz CT molecular complexity index is 408. The predicted molar refractivity (Wildman–Crippen MR) is 62.6 cm³/mol. The van der Waals surface area contributed by atoms with Gasteiger partial charge in [0.15, 0.2) is 0 Å². The Kier molecular flexibility index (Phi) is 3.17. The van der Waals surface area contributed by atoms with Crippen LogP contribution >= 0.6 is 11.6 Å². The van der Waals surface area contributed by atoms with Gasteiger partial charge in [0, 0.05) is 17.6 Å². The minimum atomic E-state index is -0.721. The molecule has 1 fully saturated rings. The fourth-order valence-electron chi connectivity index (χ4n) is 2.29. The minimum Gasteiger partial charge on any atom is -0.481 e. The summed E-state index contributed by atoms with van der Waals surface area (Å²) in [6.45, 7) is 0.589. The van der Waals surface area contributed by atoms with Crippen molar-refractivity contribution in [1.29, 1.82) is 0 Å². The zero-order valence-corrected chi connectivity index (χ0v) is 9.81. The lowest BCUT2D eigenvalue weighted by molar-refractivity contribution is -0.141. The topological polar surface area (TPSA) is 40.5 Å². The van der Waals surface area contributed by atoms with Crippen molar-refractivity contribution in [2.24, 2.45) is 5.92 Å². The molecule has 4 heteroatoms. The van der Waals surface area contributed by atoms with E-state index in [0.29, 0.717) is 18.0 Å². The van der Waals surface area contributed by atoms with Crippen molar-refractivity contribution in [3.8, 4) is 0 Å². The highest BCUT2D eigenvalue weighted by Gasteiger charge is 2.35. The molecule has 1 aromatic carbocycles. The summed E-state index contributed by atoms with van der Waals surface area (Å²) in [5.41, 5.74) is 1.02. The lowest BCUT2D eigenvalue weighted by atomic mass is 10.00. The molecule has 0 aromatic heterocycles. The molecular formula is C12H14ClNO2. The number of likely N-dealkylation sites (tertiary alicyclic amines) is 1. The molecular weight excluding hydrogens is 226 g/mol. The Morgan fingerprint density at radius 2 is 2.19 bits per heavy atom. The molecule has 0 spiro atoms. The number of rotatable bonds is 2. The van der Waals surface area contributed by atoms with Crippen LogP contribution in [0.4, 0.5) is 0 Å². The van der Waals surface area contributed by atoms with E-state index in [0.717, 1.165) is 5.56 Å². The third kappa shape index (κ3) is 2.06. The van der Waals surface area contributed by atoms with E-state index >= 15 is 0 Å². The van der Waals surface area contributed by atoms with Gasteiger partial charge in [-0.2, -0.15) is 0 Å². The molecule has 86 valence electrons. The van der Waals surface area contributed by atoms with Gasteiger partial charge in [0.2, 0.25) is 0 Å². The maximum absolute atomic E-state index is 10.9. The van der Waals surface area contributed by atoms with Crippen LogP contribution in [0.2, 0.25) is 5.02 Å². The molecule has 16 heavy (non-hydrogen) atoms. The molecule has 2 rings (SSSR count). The van der Waals surface area contributed by atoms with E-state index in [-0.39, 0.29) is 12.0 Å². The van der Waals surface area contributed by atoms with Crippen molar-refractivity contribution < 1.29 is 9.90 Å². The summed E-state index contributed by atoms with van der Waals surface area (Å²) in [5.74, 6) is -1.01. The number of aliphatic carboxylic acids is 1. The van der Waals surface area contributed by atoms with Crippen molar-refractivity contribution in [3.05, 3.63) is 34.9 Å². The average Bonchev–Trinajstić information content (AvgIpc) is 2.61. The number of carboxylic acids is 1. The van der Waals surface area contributed by atoms with Gasteiger partial charge in [-0.25, -0.2) is 0 Å². The zero-order valence-electron chi connectivity index (χ0n) is 9.06. The molecule has 0 amide bonds. The average molecular weight is 240 g/mol. The van der Waals surface area contributed by atoms with Crippen LogP contribution in [-0.4, -0.2) is 29.6 Å². The monoisotopic (exact) mass is 239 g/mol. The van der Waals surface area contributed by atoms with Crippen molar-refractivity contribution >= 4 is 17.6 Å². The summed E-state index contributed by atoms with van der Waals surface area (Å²) in [6.07, 6.45) is 0.634. The zero-order chi connectivity index (χ0) is 11.7. The molecule has 1 N–H and O–H groups in total. The second-order valence-corrected chi connectivity index (χ2v) is 4.65. The first-order valence-electron chi connectivity index (χ1n) is 5.27. The molecule has 0 radical (unpaired) electrons. The molecule has 1 aliphatic heterocycles. The third-order valence-electron chi connectivity index (χ3n) is 3.16. The van der Waals surface area contributed by atoms with E-state index < -0.39 is 5.97 Å². The molecule has 0 unspecified atom stereocenters. The Morgan fingerprint density at radius 3 is 2.75 bits per heavy atom. The lowest BCUT2D eigenvalue weighted by Crippen LogP contribution is -2.20. The highest BCUT2D eigenvalue weighted by molar-refractivity contribution is 6.31. The lowest BCUT2D eigenvalue weighted by Gasteiger charge is -2.20. The van der Waals surface area contributed by atoms with Gasteiger partial charge >= 0.3 is 5.97 Å². The van der Waals surface area contributed by atoms with Gasteiger partial charge in [-0.15, -0.1) is 0 Å². The highest BCUT2D eigenvalue weighted by atomic mass is 35.5. The van der Waals surface area contributed by atoms with Gasteiger partial charge in [0.1, 0.15) is 0 Å². The number of benzene rings is 1. The minimum absolute atomic E-state index is 0.120. The fraction of sp³-hybridized carbons (Fsp3) is 0.417. The normalized spacial score (nSPS) is 25.9. The van der Waals surface area contributed by atoms with E-state index in [4.69, 9.17) is 16.7 Å². The first-order valence-corrected chi connectivity index (χ1v) is 5.65. The molecule has 0 aliphatic carbocycles. The molecule has 1 aromatic rings. The molecule has 0 saturated carbocycles. The van der Waals surface area contributed by atoms with Crippen molar-refractivity contribution in [2.45, 2.75) is 12.5 Å². The van der Waals surface area contributed by atoms with E-state index in [9.17, 15) is 4.79 Å². The van der Waals surface area contributed by atoms with Gasteiger partial charge in [-0.3, -0.25) is 9.69 Å². The van der Waals surface area contributed by atoms with Crippen molar-refractivity contribution in [2.75, 3.05) is 13.6 Å². The second kappa shape index (κ2) is 4.44. The predicted octanol–water partition coefficient (Wildman–Crippen LogP) is 2.42. The SMILES string of the molecule is CN1C[C@H](C(=O)O)C[C@H]1c1ccccc1Cl. The maximum atomic E-state index is 10.9. The fourth-order valence-corrected chi connectivity index (χ4v) is 2.55. The van der Waals surface area contributed by atoms with E-state index in [1.54, 1.807) is 0 Å². The van der Waals surface area contributed by atoms with Gasteiger partial charge in [0.25, 0.3) is 0 Å². The summed E-state index contributed by atoms with van der Waals surface area (Å²) < 4.78 is 0. The number of nitrogens with zero attached hydrogens (tertiary/aromatic N) is 1. The Hall–Kier alpha value is -1.06. The van der Waals surface area contributed by atoms with Crippen molar-refractivity contribution in [1.82, 2.24) is 4.90 Å². The van der Waals surface area contributed by atoms with Gasteiger partial charge in [-0.05, 0) is 25.1 Å². The largest absolute Gasteiger partial charge is 0.481 e. The van der Waals surface area contributed by atoms with Crippen LogP contribution in [0.25, 0.3) is 0 Å². The summed E-state index contributed by atoms with van der Waals surface area (Å²) in [4.78, 5) is 13.0. The molecule has 1 heterocycles. The quantitative estimate of drug-likeness (QED) is 0.862. The van der Waals surface area contributed by atoms with E-state index in [1.165, 1.54) is 0 Å². The second-order valence-electron chi connectivity index (χ2n) is 4.25. The molecule has 2 atom stereocenters. The summed E-state index contributed by atoms with van der Waals surface area (Å²) >= 11 is 6.12. The number of hydrogen-bond acceptors (Lipinski definition) is 2. The van der Waals surface area contributed by atoms with Crippen LogP contribution in [0.3, 0.4) is 0 Å². The van der Waals surface area contributed by atoms with Crippen LogP contribution in [0.15, 0.2) is 24.3 Å². The number of hydrogen-bond donors (Lipinski definition) is 1. The number of carbonyl (C=O) groups is 1. The smallest absolute Gasteiger partial charge is 0.307 e. The molecule has 3 nitrogen and oxygen atoms in total. The van der Waals surface area contributed by atoms with Crippen LogP contribution in [0, 0.1) is 5.92 Å². The Labute approximate surface area is 99.6 Å². The summed E-state index contributed by atoms with van der Waals surface area (Å²) in [6, 6.07) is 7.75. The van der Waals surface area contributed by atoms with Gasteiger partial charge in [-0.1, -0.05) is 29.8 Å². The van der Waals surface area contributed by atoms with Crippen LogP contribution in [-0.2, 0) is 4.79 Å². The summed E-state index contributed by atoms with van der Waals surface area (Å²) in [5, 5.41) is 9.72. The summed E-state index contributed by atoms with van der Waals surface area (Å²) in [7, 11) is 1.94. The van der Waals surface area contributed by atoms with Gasteiger partial charge < -0.3 is 5.11 Å². The van der Waals surface area contributed by atoms with Crippen LogP contribution < -0.4 is 0 Å². The standard InChI is InChI=1S/C12H14ClNO2/c1-14-7-8(12(15)16)6-11(14)9-4-2-3-5-10(9)13/h2-5,8,11H,6-7H2,1H3,(H,15,16)/t8-,11+/m1/s1. The van der Waals surface area contributed by atoms with E-state index in [1.807, 2.05) is 31.3 Å². The number of carboxylic acid groups (broad SMARTS) is 1. The molecule has 1 aliphatic rings. The first kappa shape index (κ1) is 11.4. The van der Waals surface area contributed by atoms with Gasteiger partial charge in [0.05, 0.1) is 5.92 Å². The third-order valence-corrected chi connectivity index (χ3v) is 3.51. The highest BCUT2D eigenvalue weighted by Crippen LogP contribution is 2.37. The first-order chi connectivity index (χ1) is 7.59. The maximum Gasteiger partial charge on any atom is 0.307 e. The number of halogens is 1. The Morgan fingerprint density at radius 1 is 1.50 bits per heavy atom.